The van der Waals surface area contributed by atoms with Crippen molar-refractivity contribution in [1.82, 2.24) is 5.32 Å². The summed E-state index contributed by atoms with van der Waals surface area (Å²) in [7, 11) is 0. The lowest BCUT2D eigenvalue weighted by atomic mass is 10.0. The number of hydrogen-bond donors (Lipinski definition) is 1. The molecular weight excluding hydrogens is 270 g/mol. The Morgan fingerprint density at radius 1 is 1.60 bits per heavy atom. The van der Waals surface area contributed by atoms with Crippen LogP contribution in [0.2, 0.25) is 0 Å². The number of nitrogens with one attached hydrogen (secondary N) is 1. The molecule has 0 radical (unpaired) electrons. The Labute approximate surface area is 104 Å². The lowest BCUT2D eigenvalue weighted by Gasteiger charge is -2.16. The van der Waals surface area contributed by atoms with Crippen LogP contribution in [-0.2, 0) is 0 Å². The van der Waals surface area contributed by atoms with Crippen LogP contribution in [0.5, 0.6) is 0 Å². The van der Waals surface area contributed by atoms with E-state index in [0.717, 1.165) is 12.5 Å². The standard InChI is InChI=1S/C12H18BrNS/c1-2-14-11(6-5-9-3-4-9)10-7-12(13)15-8-10/h7-9,11,14H,2-6H2,1H3. The van der Waals surface area contributed by atoms with Gasteiger partial charge in [-0.3, -0.25) is 0 Å². The molecule has 1 aromatic rings. The molecule has 0 aliphatic heterocycles. The van der Waals surface area contributed by atoms with Gasteiger partial charge in [0.1, 0.15) is 0 Å². The zero-order valence-electron chi connectivity index (χ0n) is 9.13. The van der Waals surface area contributed by atoms with Gasteiger partial charge in [0, 0.05) is 6.04 Å². The molecule has 3 heteroatoms. The van der Waals surface area contributed by atoms with Crippen molar-refractivity contribution in [2.75, 3.05) is 6.54 Å². The van der Waals surface area contributed by atoms with Gasteiger partial charge in [-0.1, -0.05) is 19.8 Å². The largest absolute Gasteiger partial charge is 0.310 e. The first kappa shape index (κ1) is 11.6. The zero-order valence-corrected chi connectivity index (χ0v) is 11.5. The molecule has 1 atom stereocenters. The van der Waals surface area contributed by atoms with E-state index >= 15 is 0 Å². The summed E-state index contributed by atoms with van der Waals surface area (Å²) in [5.74, 6) is 1.04. The van der Waals surface area contributed by atoms with Gasteiger partial charge in [-0.15, -0.1) is 11.3 Å². The van der Waals surface area contributed by atoms with Gasteiger partial charge in [-0.05, 0) is 58.2 Å². The van der Waals surface area contributed by atoms with Gasteiger partial charge in [-0.25, -0.2) is 0 Å². The van der Waals surface area contributed by atoms with E-state index in [1.54, 1.807) is 11.3 Å². The molecule has 1 aromatic heterocycles. The molecule has 1 unspecified atom stereocenters. The van der Waals surface area contributed by atoms with Crippen molar-refractivity contribution < 1.29 is 0 Å². The molecule has 0 amide bonds. The van der Waals surface area contributed by atoms with Crippen molar-refractivity contribution in [3.05, 3.63) is 20.8 Å². The Hall–Kier alpha value is 0.140. The predicted molar refractivity (Wildman–Crippen MR) is 70.4 cm³/mol. The van der Waals surface area contributed by atoms with Crippen LogP contribution in [0.4, 0.5) is 0 Å². The molecule has 0 aromatic carbocycles. The van der Waals surface area contributed by atoms with Crippen molar-refractivity contribution in [3.63, 3.8) is 0 Å². The highest BCUT2D eigenvalue weighted by atomic mass is 79.9. The van der Waals surface area contributed by atoms with Gasteiger partial charge in [0.15, 0.2) is 0 Å². The molecule has 1 heterocycles. The number of hydrogen-bond acceptors (Lipinski definition) is 2. The van der Waals surface area contributed by atoms with E-state index < -0.39 is 0 Å². The molecule has 1 fully saturated rings. The molecular formula is C12H18BrNS. The van der Waals surface area contributed by atoms with Gasteiger partial charge in [-0.2, -0.15) is 0 Å². The van der Waals surface area contributed by atoms with Crippen LogP contribution in [0.3, 0.4) is 0 Å². The minimum absolute atomic E-state index is 0.568. The van der Waals surface area contributed by atoms with Crippen LogP contribution < -0.4 is 5.32 Å². The molecule has 15 heavy (non-hydrogen) atoms. The van der Waals surface area contributed by atoms with Gasteiger partial charge in [0.25, 0.3) is 0 Å². The monoisotopic (exact) mass is 287 g/mol. The van der Waals surface area contributed by atoms with Crippen molar-refractivity contribution in [1.29, 1.82) is 0 Å². The fraction of sp³-hybridized carbons (Fsp3) is 0.667. The van der Waals surface area contributed by atoms with Crippen molar-refractivity contribution in [2.24, 2.45) is 5.92 Å². The quantitative estimate of drug-likeness (QED) is 0.820. The summed E-state index contributed by atoms with van der Waals surface area (Å²) in [5, 5.41) is 5.85. The van der Waals surface area contributed by atoms with E-state index in [9.17, 15) is 0 Å². The zero-order chi connectivity index (χ0) is 10.7. The molecule has 0 bridgehead atoms. The number of thiophene rings is 1. The van der Waals surface area contributed by atoms with Crippen LogP contribution in [-0.4, -0.2) is 6.54 Å². The molecule has 0 spiro atoms. The Kier molecular flexibility index (Phi) is 4.23. The lowest BCUT2D eigenvalue weighted by Crippen LogP contribution is -2.20. The molecule has 1 saturated carbocycles. The first-order valence-electron chi connectivity index (χ1n) is 5.77. The third-order valence-electron chi connectivity index (χ3n) is 3.00. The minimum Gasteiger partial charge on any atom is -0.310 e. The second-order valence-electron chi connectivity index (χ2n) is 4.32. The Morgan fingerprint density at radius 2 is 2.40 bits per heavy atom. The van der Waals surface area contributed by atoms with Gasteiger partial charge in [0.05, 0.1) is 3.79 Å². The van der Waals surface area contributed by atoms with Crippen LogP contribution in [0.15, 0.2) is 15.2 Å². The van der Waals surface area contributed by atoms with Gasteiger partial charge < -0.3 is 5.32 Å². The smallest absolute Gasteiger partial charge is 0.0701 e. The van der Waals surface area contributed by atoms with Crippen LogP contribution in [0.1, 0.15) is 44.2 Å². The molecule has 1 nitrogen and oxygen atoms in total. The van der Waals surface area contributed by atoms with Crippen LogP contribution >= 0.6 is 27.3 Å². The van der Waals surface area contributed by atoms with Gasteiger partial charge >= 0.3 is 0 Å². The highest BCUT2D eigenvalue weighted by Crippen LogP contribution is 2.36. The van der Waals surface area contributed by atoms with Crippen LogP contribution in [0, 0.1) is 5.92 Å². The molecule has 1 N–H and O–H groups in total. The highest BCUT2D eigenvalue weighted by Gasteiger charge is 2.23. The van der Waals surface area contributed by atoms with E-state index in [0.29, 0.717) is 6.04 Å². The molecule has 2 rings (SSSR count). The third-order valence-corrected chi connectivity index (χ3v) is 4.52. The number of rotatable bonds is 6. The normalized spacial score (nSPS) is 18.0. The average molecular weight is 288 g/mol. The van der Waals surface area contributed by atoms with E-state index in [2.05, 4.69) is 39.6 Å². The van der Waals surface area contributed by atoms with Gasteiger partial charge in [0.2, 0.25) is 0 Å². The third kappa shape index (κ3) is 3.58. The summed E-state index contributed by atoms with van der Waals surface area (Å²) >= 11 is 5.32. The fourth-order valence-electron chi connectivity index (χ4n) is 1.95. The SMILES string of the molecule is CCNC(CCC1CC1)c1csc(Br)c1. The average Bonchev–Trinajstić information content (AvgIpc) is 2.95. The van der Waals surface area contributed by atoms with Crippen LogP contribution in [0.25, 0.3) is 0 Å². The topological polar surface area (TPSA) is 12.0 Å². The van der Waals surface area contributed by atoms with E-state index in [1.165, 1.54) is 35.0 Å². The minimum atomic E-state index is 0.568. The predicted octanol–water partition coefficient (Wildman–Crippen LogP) is 4.35. The summed E-state index contributed by atoms with van der Waals surface area (Å²) in [5.41, 5.74) is 1.45. The maximum atomic E-state index is 3.58. The van der Waals surface area contributed by atoms with Crippen molar-refractivity contribution in [3.8, 4) is 0 Å². The summed E-state index contributed by atoms with van der Waals surface area (Å²) in [4.78, 5) is 0. The summed E-state index contributed by atoms with van der Waals surface area (Å²) < 4.78 is 1.24. The van der Waals surface area contributed by atoms with E-state index in [-0.39, 0.29) is 0 Å². The molecule has 84 valence electrons. The summed E-state index contributed by atoms with van der Waals surface area (Å²) in [6.45, 7) is 3.24. The molecule has 1 aliphatic carbocycles. The molecule has 1 aliphatic rings. The molecule has 0 saturated heterocycles. The fourth-order valence-corrected chi connectivity index (χ4v) is 3.18. The summed E-state index contributed by atoms with van der Waals surface area (Å²) in [6.07, 6.45) is 5.62. The first-order valence-corrected chi connectivity index (χ1v) is 7.44. The second kappa shape index (κ2) is 5.46. The Bertz CT molecular complexity index is 306. The number of halogens is 1. The first-order chi connectivity index (χ1) is 7.29. The van der Waals surface area contributed by atoms with E-state index in [1.807, 2.05) is 0 Å². The van der Waals surface area contributed by atoms with E-state index in [4.69, 9.17) is 0 Å². The Morgan fingerprint density at radius 3 is 2.93 bits per heavy atom. The Balaban J connectivity index is 1.91. The second-order valence-corrected chi connectivity index (χ2v) is 6.61. The highest BCUT2D eigenvalue weighted by molar-refractivity contribution is 9.11. The van der Waals surface area contributed by atoms with Crippen molar-refractivity contribution >= 4 is 27.3 Å². The maximum absolute atomic E-state index is 3.58. The van der Waals surface area contributed by atoms with Crippen molar-refractivity contribution in [2.45, 2.75) is 38.6 Å². The maximum Gasteiger partial charge on any atom is 0.0701 e. The summed E-state index contributed by atoms with van der Waals surface area (Å²) in [6, 6.07) is 2.82. The lowest BCUT2D eigenvalue weighted by molar-refractivity contribution is 0.482.